The van der Waals surface area contributed by atoms with Crippen LogP contribution in [0.5, 0.6) is 0 Å². The number of benzene rings is 1. The molecule has 1 atom stereocenters. The van der Waals surface area contributed by atoms with E-state index in [2.05, 4.69) is 10.00 Å². The molecule has 0 saturated carbocycles. The first-order chi connectivity index (χ1) is 11.5. The van der Waals surface area contributed by atoms with E-state index < -0.39 is 15.9 Å². The molecule has 2 N–H and O–H groups in total. The molecular formula is C16H21N3O4S. The Labute approximate surface area is 141 Å². The highest BCUT2D eigenvalue weighted by Gasteiger charge is 2.22. The topological polar surface area (TPSA) is 95.7 Å². The van der Waals surface area contributed by atoms with Gasteiger partial charge in [-0.15, -0.1) is 0 Å². The monoisotopic (exact) mass is 351 g/mol. The number of sulfone groups is 1. The fraction of sp³-hybridized carbons (Fsp3) is 0.438. The standard InChI is InChI=1S/C16H21N3O4S/c20-12-16(21)15-10-13-11-18(6-7-19(13)17-15)8-9-24(22,23)14-4-2-1-3-5-14/h1-5,10,16,20-21H,6-9,11-12H2/t16-/m1/s1. The molecule has 7 nitrogen and oxygen atoms in total. The van der Waals surface area contributed by atoms with Gasteiger partial charge in [-0.2, -0.15) is 5.10 Å². The number of aliphatic hydroxyl groups is 2. The second-order valence-corrected chi connectivity index (χ2v) is 8.00. The van der Waals surface area contributed by atoms with Crippen molar-refractivity contribution in [2.24, 2.45) is 0 Å². The summed E-state index contributed by atoms with van der Waals surface area (Å²) < 4.78 is 26.5. The van der Waals surface area contributed by atoms with E-state index in [0.717, 1.165) is 5.69 Å². The zero-order valence-corrected chi connectivity index (χ0v) is 14.1. The van der Waals surface area contributed by atoms with E-state index in [0.29, 0.717) is 36.8 Å². The molecule has 0 amide bonds. The van der Waals surface area contributed by atoms with Crippen LogP contribution in [-0.2, 0) is 22.9 Å². The van der Waals surface area contributed by atoms with Gasteiger partial charge >= 0.3 is 0 Å². The largest absolute Gasteiger partial charge is 0.393 e. The van der Waals surface area contributed by atoms with E-state index in [4.69, 9.17) is 5.11 Å². The van der Waals surface area contributed by atoms with Gasteiger partial charge in [-0.05, 0) is 18.2 Å². The van der Waals surface area contributed by atoms with Crippen molar-refractivity contribution in [3.63, 3.8) is 0 Å². The van der Waals surface area contributed by atoms with Crippen LogP contribution in [0.4, 0.5) is 0 Å². The van der Waals surface area contributed by atoms with E-state index in [-0.39, 0.29) is 12.4 Å². The lowest BCUT2D eigenvalue weighted by molar-refractivity contribution is 0.0915. The predicted molar refractivity (Wildman–Crippen MR) is 88.0 cm³/mol. The van der Waals surface area contributed by atoms with E-state index in [1.54, 1.807) is 41.1 Å². The third kappa shape index (κ3) is 3.67. The van der Waals surface area contributed by atoms with Crippen LogP contribution in [0.15, 0.2) is 41.3 Å². The van der Waals surface area contributed by atoms with Crippen LogP contribution in [0.3, 0.4) is 0 Å². The van der Waals surface area contributed by atoms with Gasteiger partial charge in [-0.25, -0.2) is 8.42 Å². The number of hydrogen-bond acceptors (Lipinski definition) is 6. The Morgan fingerprint density at radius 1 is 1.21 bits per heavy atom. The van der Waals surface area contributed by atoms with Crippen molar-refractivity contribution in [3.05, 3.63) is 47.8 Å². The molecule has 3 rings (SSSR count). The lowest BCUT2D eigenvalue weighted by Crippen LogP contribution is -2.36. The summed E-state index contributed by atoms with van der Waals surface area (Å²) in [5.41, 5.74) is 1.37. The molecule has 1 aromatic carbocycles. The van der Waals surface area contributed by atoms with Crippen LogP contribution in [0.25, 0.3) is 0 Å². The van der Waals surface area contributed by atoms with Crippen LogP contribution in [-0.4, -0.2) is 58.8 Å². The molecule has 8 heteroatoms. The second kappa shape index (κ2) is 7.02. The smallest absolute Gasteiger partial charge is 0.179 e. The average molecular weight is 351 g/mol. The molecule has 0 spiro atoms. The third-order valence-corrected chi connectivity index (χ3v) is 5.90. The number of aliphatic hydroxyl groups excluding tert-OH is 2. The molecular weight excluding hydrogens is 330 g/mol. The van der Waals surface area contributed by atoms with Crippen molar-refractivity contribution >= 4 is 9.84 Å². The molecule has 1 aromatic heterocycles. The maximum Gasteiger partial charge on any atom is 0.179 e. The number of nitrogens with zero attached hydrogens (tertiary/aromatic N) is 3. The zero-order chi connectivity index (χ0) is 17.2. The van der Waals surface area contributed by atoms with Crippen LogP contribution in [0.2, 0.25) is 0 Å². The molecule has 2 aromatic rings. The van der Waals surface area contributed by atoms with Crippen LogP contribution < -0.4 is 0 Å². The summed E-state index contributed by atoms with van der Waals surface area (Å²) >= 11 is 0. The molecule has 2 heterocycles. The van der Waals surface area contributed by atoms with Gasteiger partial charge < -0.3 is 10.2 Å². The molecule has 1 aliphatic rings. The lowest BCUT2D eigenvalue weighted by atomic mass is 10.2. The van der Waals surface area contributed by atoms with Gasteiger partial charge in [-0.1, -0.05) is 18.2 Å². The summed E-state index contributed by atoms with van der Waals surface area (Å²) in [6.45, 7) is 2.00. The summed E-state index contributed by atoms with van der Waals surface area (Å²) in [5, 5.41) is 22.9. The van der Waals surface area contributed by atoms with E-state index in [1.807, 2.05) is 0 Å². The van der Waals surface area contributed by atoms with Crippen molar-refractivity contribution in [1.29, 1.82) is 0 Å². The van der Waals surface area contributed by atoms with E-state index in [9.17, 15) is 13.5 Å². The SMILES string of the molecule is O=S(=O)(CCN1CCn2nc([C@H](O)CO)cc2C1)c1ccccc1. The van der Waals surface area contributed by atoms with Crippen LogP contribution >= 0.6 is 0 Å². The summed E-state index contributed by atoms with van der Waals surface area (Å²) in [4.78, 5) is 2.41. The minimum absolute atomic E-state index is 0.0667. The number of rotatable bonds is 6. The Balaban J connectivity index is 1.63. The molecule has 24 heavy (non-hydrogen) atoms. The van der Waals surface area contributed by atoms with Gasteiger partial charge in [0.2, 0.25) is 0 Å². The Morgan fingerprint density at radius 3 is 2.67 bits per heavy atom. The quantitative estimate of drug-likeness (QED) is 0.772. The molecule has 130 valence electrons. The molecule has 0 aliphatic carbocycles. The van der Waals surface area contributed by atoms with Crippen LogP contribution in [0, 0.1) is 0 Å². The molecule has 1 aliphatic heterocycles. The fourth-order valence-electron chi connectivity index (χ4n) is 2.79. The number of hydrogen-bond donors (Lipinski definition) is 2. The molecule has 0 saturated heterocycles. The highest BCUT2D eigenvalue weighted by Crippen LogP contribution is 2.18. The summed E-state index contributed by atoms with van der Waals surface area (Å²) in [5.74, 6) is 0.0667. The maximum atomic E-state index is 12.3. The van der Waals surface area contributed by atoms with Gasteiger partial charge in [0, 0.05) is 19.6 Å². The summed E-state index contributed by atoms with van der Waals surface area (Å²) in [6, 6.07) is 10.2. The van der Waals surface area contributed by atoms with E-state index in [1.165, 1.54) is 0 Å². The maximum absolute atomic E-state index is 12.3. The Bertz CT molecular complexity index is 789. The van der Waals surface area contributed by atoms with Gasteiger partial charge in [0.15, 0.2) is 9.84 Å². The average Bonchev–Trinajstić information content (AvgIpc) is 3.03. The summed E-state index contributed by atoms with van der Waals surface area (Å²) in [7, 11) is -3.29. The second-order valence-electron chi connectivity index (χ2n) is 5.89. The Hall–Kier alpha value is -1.74. The molecule has 0 fully saturated rings. The highest BCUT2D eigenvalue weighted by atomic mass is 32.2. The van der Waals surface area contributed by atoms with Gasteiger partial charge in [0.1, 0.15) is 6.10 Å². The highest BCUT2D eigenvalue weighted by molar-refractivity contribution is 7.91. The molecule has 0 bridgehead atoms. The number of aromatic nitrogens is 2. The van der Waals surface area contributed by atoms with Gasteiger partial charge in [0.05, 0.1) is 35.2 Å². The van der Waals surface area contributed by atoms with E-state index >= 15 is 0 Å². The van der Waals surface area contributed by atoms with Crippen molar-refractivity contribution in [3.8, 4) is 0 Å². The molecule has 0 radical (unpaired) electrons. The predicted octanol–water partition coefficient (Wildman–Crippen LogP) is 0.198. The van der Waals surface area contributed by atoms with Crippen molar-refractivity contribution in [1.82, 2.24) is 14.7 Å². The minimum Gasteiger partial charge on any atom is -0.393 e. The Kier molecular flexibility index (Phi) is 5.00. The molecule has 0 unspecified atom stereocenters. The normalized spacial score (nSPS) is 16.8. The zero-order valence-electron chi connectivity index (χ0n) is 13.2. The third-order valence-electron chi connectivity index (χ3n) is 4.19. The first-order valence-corrected chi connectivity index (χ1v) is 9.50. The van der Waals surface area contributed by atoms with Crippen molar-refractivity contribution in [2.45, 2.75) is 24.1 Å². The van der Waals surface area contributed by atoms with Gasteiger partial charge in [0.25, 0.3) is 0 Å². The first-order valence-electron chi connectivity index (χ1n) is 7.85. The first kappa shape index (κ1) is 17.1. The lowest BCUT2D eigenvalue weighted by Gasteiger charge is -2.27. The van der Waals surface area contributed by atoms with Crippen LogP contribution in [0.1, 0.15) is 17.5 Å². The summed E-state index contributed by atoms with van der Waals surface area (Å²) in [6.07, 6.45) is -0.977. The van der Waals surface area contributed by atoms with Crippen molar-refractivity contribution in [2.75, 3.05) is 25.4 Å². The Morgan fingerprint density at radius 2 is 1.96 bits per heavy atom. The number of fused-ring (bicyclic) bond motifs is 1. The van der Waals surface area contributed by atoms with Gasteiger partial charge in [-0.3, -0.25) is 9.58 Å². The van der Waals surface area contributed by atoms with Crippen molar-refractivity contribution < 1.29 is 18.6 Å². The minimum atomic E-state index is -3.29. The fourth-order valence-corrected chi connectivity index (χ4v) is 4.09.